The summed E-state index contributed by atoms with van der Waals surface area (Å²) in [5.41, 5.74) is 2.31. The van der Waals surface area contributed by atoms with E-state index in [2.05, 4.69) is 36.3 Å². The van der Waals surface area contributed by atoms with Crippen LogP contribution in [0.2, 0.25) is 0 Å². The van der Waals surface area contributed by atoms with Gasteiger partial charge in [0.1, 0.15) is 5.25 Å². The number of aliphatic carboxylic acids is 1. The highest BCUT2D eigenvalue weighted by atomic mass is 32.2. The van der Waals surface area contributed by atoms with Crippen molar-refractivity contribution < 1.29 is 14.7 Å². The Bertz CT molecular complexity index is 564. The minimum atomic E-state index is -0.997. The van der Waals surface area contributed by atoms with Crippen LogP contribution in [-0.4, -0.2) is 33.1 Å². The van der Waals surface area contributed by atoms with Gasteiger partial charge in [-0.3, -0.25) is 9.59 Å². The quantitative estimate of drug-likeness (QED) is 0.782. The van der Waals surface area contributed by atoms with Crippen molar-refractivity contribution in [2.45, 2.75) is 45.3 Å². The van der Waals surface area contributed by atoms with Gasteiger partial charge in [0.15, 0.2) is 5.17 Å². The summed E-state index contributed by atoms with van der Waals surface area (Å²) in [5.74, 6) is -1.32. The van der Waals surface area contributed by atoms with Crippen LogP contribution in [-0.2, 0) is 9.59 Å². The van der Waals surface area contributed by atoms with E-state index in [1.807, 2.05) is 6.08 Å². The third-order valence-corrected chi connectivity index (χ3v) is 4.31. The monoisotopic (exact) mass is 309 g/mol. The molecule has 6 nitrogen and oxygen atoms in total. The maximum atomic E-state index is 11.6. The smallest absolute Gasteiger partial charge is 0.305 e. The molecule has 21 heavy (non-hydrogen) atoms. The maximum Gasteiger partial charge on any atom is 0.305 e. The van der Waals surface area contributed by atoms with Crippen molar-refractivity contribution in [3.63, 3.8) is 0 Å². The first-order valence-electron chi connectivity index (χ1n) is 6.76. The highest BCUT2D eigenvalue weighted by Crippen LogP contribution is 2.33. The third-order valence-electron chi connectivity index (χ3n) is 3.24. The summed E-state index contributed by atoms with van der Waals surface area (Å²) < 4.78 is 0. The van der Waals surface area contributed by atoms with Crippen molar-refractivity contribution in [1.29, 1.82) is 0 Å². The van der Waals surface area contributed by atoms with Gasteiger partial charge in [0.2, 0.25) is 5.91 Å². The van der Waals surface area contributed by atoms with Crippen molar-refractivity contribution >= 4 is 34.5 Å². The normalized spacial score (nSPS) is 28.6. The second kappa shape index (κ2) is 6.01. The second-order valence-corrected chi connectivity index (χ2v) is 7.39. The first-order valence-corrected chi connectivity index (χ1v) is 7.64. The number of allylic oxidation sites excluding steroid dienone is 2. The van der Waals surface area contributed by atoms with Gasteiger partial charge >= 0.3 is 5.97 Å². The Morgan fingerprint density at radius 3 is 2.81 bits per heavy atom. The fourth-order valence-electron chi connectivity index (χ4n) is 2.61. The fraction of sp³-hybridized carbons (Fsp3) is 0.571. The third kappa shape index (κ3) is 4.42. The van der Waals surface area contributed by atoms with E-state index >= 15 is 0 Å². The molecule has 0 aromatic carbocycles. The van der Waals surface area contributed by atoms with Gasteiger partial charge in [-0.05, 0) is 31.3 Å². The van der Waals surface area contributed by atoms with Crippen LogP contribution in [0.25, 0.3) is 0 Å². The molecule has 2 N–H and O–H groups in total. The van der Waals surface area contributed by atoms with Crippen LogP contribution in [0.1, 0.15) is 40.0 Å². The van der Waals surface area contributed by atoms with E-state index in [0.29, 0.717) is 5.17 Å². The summed E-state index contributed by atoms with van der Waals surface area (Å²) in [6.07, 6.45) is 3.68. The predicted molar refractivity (Wildman–Crippen MR) is 83.4 cm³/mol. The number of thioether (sulfide) groups is 1. The van der Waals surface area contributed by atoms with Gasteiger partial charge in [-0.25, -0.2) is 0 Å². The van der Waals surface area contributed by atoms with Crippen LogP contribution in [0.5, 0.6) is 0 Å². The number of carboxylic acid groups (broad SMARTS) is 1. The molecule has 1 saturated heterocycles. The molecule has 7 heteroatoms. The van der Waals surface area contributed by atoms with Crippen molar-refractivity contribution in [3.05, 3.63) is 11.6 Å². The summed E-state index contributed by atoms with van der Waals surface area (Å²) in [6, 6.07) is 0. The Kier molecular flexibility index (Phi) is 4.51. The number of nitrogens with zero attached hydrogens (tertiary/aromatic N) is 2. The molecule has 2 rings (SSSR count). The van der Waals surface area contributed by atoms with Gasteiger partial charge in [0.05, 0.1) is 12.1 Å². The minimum Gasteiger partial charge on any atom is -0.481 e. The summed E-state index contributed by atoms with van der Waals surface area (Å²) in [4.78, 5) is 22.2. The Hall–Kier alpha value is -1.63. The van der Waals surface area contributed by atoms with Gasteiger partial charge in [0.25, 0.3) is 0 Å². The average Bonchev–Trinajstić information content (AvgIpc) is 2.64. The van der Waals surface area contributed by atoms with E-state index in [-0.39, 0.29) is 17.7 Å². The summed E-state index contributed by atoms with van der Waals surface area (Å²) in [7, 11) is 0. The SMILES string of the molecule is CC1=C/C(=N\N=C2/NC(=O)C(CC(=O)O)S2)CC(C)(C)C1. The number of rotatable bonds is 3. The predicted octanol–water partition coefficient (Wildman–Crippen LogP) is 2.17. The van der Waals surface area contributed by atoms with Crippen LogP contribution < -0.4 is 5.32 Å². The first-order chi connectivity index (χ1) is 9.75. The topological polar surface area (TPSA) is 91.1 Å². The van der Waals surface area contributed by atoms with Crippen LogP contribution in [0.4, 0.5) is 0 Å². The number of hydrogen-bond donors (Lipinski definition) is 2. The number of carboxylic acids is 1. The summed E-state index contributed by atoms with van der Waals surface area (Å²) >= 11 is 1.12. The molecular weight excluding hydrogens is 290 g/mol. The molecule has 2 aliphatic rings. The molecule has 114 valence electrons. The lowest BCUT2D eigenvalue weighted by molar-refractivity contribution is -0.138. The lowest BCUT2D eigenvalue weighted by atomic mass is 9.77. The molecule has 1 aliphatic heterocycles. The Morgan fingerprint density at radius 2 is 2.19 bits per heavy atom. The molecule has 1 fully saturated rings. The Labute approximate surface area is 127 Å². The molecule has 0 bridgehead atoms. The molecule has 0 spiro atoms. The number of amides is 1. The van der Waals surface area contributed by atoms with Gasteiger partial charge in [0, 0.05) is 0 Å². The molecule has 0 radical (unpaired) electrons. The van der Waals surface area contributed by atoms with E-state index in [0.717, 1.165) is 30.3 Å². The number of carbonyl (C=O) groups excluding carboxylic acids is 1. The lowest BCUT2D eigenvalue weighted by Crippen LogP contribution is -2.26. The zero-order chi connectivity index (χ0) is 15.6. The van der Waals surface area contributed by atoms with E-state index in [9.17, 15) is 9.59 Å². The van der Waals surface area contributed by atoms with Crippen LogP contribution >= 0.6 is 11.8 Å². The molecule has 1 atom stereocenters. The zero-order valence-electron chi connectivity index (χ0n) is 12.3. The number of nitrogens with one attached hydrogen (secondary N) is 1. The molecule has 1 heterocycles. The first kappa shape index (κ1) is 15.8. The second-order valence-electron chi connectivity index (χ2n) is 6.20. The van der Waals surface area contributed by atoms with E-state index in [4.69, 9.17) is 5.11 Å². The molecule has 1 unspecified atom stereocenters. The van der Waals surface area contributed by atoms with Gasteiger partial charge in [-0.15, -0.1) is 5.10 Å². The number of hydrogen-bond acceptors (Lipinski definition) is 5. The average molecular weight is 309 g/mol. The minimum absolute atomic E-state index is 0.162. The van der Waals surface area contributed by atoms with Crippen molar-refractivity contribution in [1.82, 2.24) is 5.32 Å². The van der Waals surface area contributed by atoms with Crippen LogP contribution in [0.3, 0.4) is 0 Å². The number of amidine groups is 1. The largest absolute Gasteiger partial charge is 0.481 e. The summed E-state index contributed by atoms with van der Waals surface area (Å²) in [6.45, 7) is 6.43. The Balaban J connectivity index is 2.08. The molecular formula is C14H19N3O3S. The molecule has 0 saturated carbocycles. The standard InChI is InChI=1S/C14H19N3O3S/c1-8-4-9(7-14(2,3)6-8)16-17-13-15-12(20)10(21-13)5-11(18)19/h4,10H,5-7H2,1-3H3,(H,18,19)(H,15,17,20)/b16-9+. The van der Waals surface area contributed by atoms with E-state index in [1.54, 1.807) is 0 Å². The van der Waals surface area contributed by atoms with Gasteiger partial charge in [-0.1, -0.05) is 31.2 Å². The molecule has 1 aliphatic carbocycles. The maximum absolute atomic E-state index is 11.6. The molecule has 1 amide bonds. The van der Waals surface area contributed by atoms with Crippen molar-refractivity contribution in [2.75, 3.05) is 0 Å². The summed E-state index contributed by atoms with van der Waals surface area (Å²) in [5, 5.41) is 19.3. The van der Waals surface area contributed by atoms with Gasteiger partial charge < -0.3 is 10.4 Å². The van der Waals surface area contributed by atoms with E-state index in [1.165, 1.54) is 5.57 Å². The van der Waals surface area contributed by atoms with E-state index < -0.39 is 11.2 Å². The van der Waals surface area contributed by atoms with Crippen molar-refractivity contribution in [2.24, 2.45) is 15.6 Å². The molecule has 0 aromatic heterocycles. The zero-order valence-corrected chi connectivity index (χ0v) is 13.2. The highest BCUT2D eigenvalue weighted by molar-refractivity contribution is 8.15. The van der Waals surface area contributed by atoms with Gasteiger partial charge in [-0.2, -0.15) is 5.10 Å². The van der Waals surface area contributed by atoms with Crippen LogP contribution in [0, 0.1) is 5.41 Å². The Morgan fingerprint density at radius 1 is 1.48 bits per heavy atom. The fourth-order valence-corrected chi connectivity index (χ4v) is 3.52. The van der Waals surface area contributed by atoms with Crippen LogP contribution in [0.15, 0.2) is 21.9 Å². The van der Waals surface area contributed by atoms with Crippen molar-refractivity contribution in [3.8, 4) is 0 Å². The highest BCUT2D eigenvalue weighted by Gasteiger charge is 2.32. The lowest BCUT2D eigenvalue weighted by Gasteiger charge is -2.28. The molecule has 0 aromatic rings. The number of carbonyl (C=O) groups is 2.